The second kappa shape index (κ2) is 15.3. The first-order valence-electron chi connectivity index (χ1n) is 16.2. The zero-order valence-electron chi connectivity index (χ0n) is 26.6. The summed E-state index contributed by atoms with van der Waals surface area (Å²) in [5.41, 5.74) is 6.70. The number of carbonyl (C=O) groups excluding carboxylic acids is 2. The van der Waals surface area contributed by atoms with Gasteiger partial charge in [0.15, 0.2) is 0 Å². The smallest absolute Gasteiger partial charge is 0.328 e. The van der Waals surface area contributed by atoms with Crippen LogP contribution in [-0.2, 0) is 28.9 Å². The summed E-state index contributed by atoms with van der Waals surface area (Å²) in [5.74, 6) is -0.232. The molecule has 6 rings (SSSR count). The van der Waals surface area contributed by atoms with Gasteiger partial charge in [0.2, 0.25) is 0 Å². The molecule has 5 aromatic rings. The molecule has 0 saturated carbocycles. The van der Waals surface area contributed by atoms with Crippen molar-refractivity contribution in [3.63, 3.8) is 0 Å². The predicted octanol–water partition coefficient (Wildman–Crippen LogP) is 7.83. The van der Waals surface area contributed by atoms with Crippen LogP contribution in [0.25, 0.3) is 21.9 Å². The van der Waals surface area contributed by atoms with Gasteiger partial charge in [-0.05, 0) is 101 Å². The van der Waals surface area contributed by atoms with Crippen molar-refractivity contribution < 1.29 is 14.3 Å². The summed E-state index contributed by atoms with van der Waals surface area (Å²) in [6.45, 7) is 2.68. The molecule has 0 aromatic heterocycles. The molecule has 6 nitrogen and oxygen atoms in total. The number of rotatable bonds is 11. The monoisotopic (exact) mass is 645 g/mol. The Morgan fingerprint density at radius 3 is 2.36 bits per heavy atom. The SMILES string of the molecule is COC(=O)[C@H](Cc1ccc(-c2ccccc2CC2CCNCC2)cc1)NC(=O)c1cc(Cl)ccc1NCc1ccc2ccccc2c1. The maximum atomic E-state index is 13.6. The first kappa shape index (κ1) is 32.3. The van der Waals surface area contributed by atoms with Gasteiger partial charge in [-0.2, -0.15) is 0 Å². The van der Waals surface area contributed by atoms with Crippen molar-refractivity contribution in [3.8, 4) is 11.1 Å². The standard InChI is InChI=1S/C40H40ClN3O3/c1-47-40(46)38(24-27-10-14-31(15-11-27)35-9-5-4-8-33(35)22-28-18-20-42-21-19-28)44-39(45)36-25-34(41)16-17-37(36)43-26-29-12-13-30-6-2-3-7-32(30)23-29/h2-17,23,25,28,38,42-43H,18-22,24,26H2,1H3,(H,44,45)/t38-/m0/s1. The molecule has 0 radical (unpaired) electrons. The number of hydrogen-bond acceptors (Lipinski definition) is 5. The second-order valence-corrected chi connectivity index (χ2v) is 12.7. The number of methoxy groups -OCH3 is 1. The van der Waals surface area contributed by atoms with E-state index in [0.717, 1.165) is 41.6 Å². The Kier molecular flexibility index (Phi) is 10.5. The van der Waals surface area contributed by atoms with E-state index in [1.807, 2.05) is 24.3 Å². The van der Waals surface area contributed by atoms with Gasteiger partial charge in [-0.25, -0.2) is 4.79 Å². The number of anilines is 1. The Balaban J connectivity index is 1.15. The first-order valence-corrected chi connectivity index (χ1v) is 16.6. The fourth-order valence-corrected chi connectivity index (χ4v) is 6.58. The third-order valence-corrected chi connectivity index (χ3v) is 9.24. The third-order valence-electron chi connectivity index (χ3n) is 9.00. The largest absolute Gasteiger partial charge is 0.467 e. The van der Waals surface area contributed by atoms with Gasteiger partial charge in [0.25, 0.3) is 5.91 Å². The average Bonchev–Trinajstić information content (AvgIpc) is 3.11. The molecule has 1 fully saturated rings. The molecule has 1 atom stereocenters. The molecule has 47 heavy (non-hydrogen) atoms. The van der Waals surface area contributed by atoms with E-state index in [0.29, 0.717) is 28.7 Å². The molecule has 1 aliphatic heterocycles. The number of benzene rings is 5. The van der Waals surface area contributed by atoms with Crippen molar-refractivity contribution in [2.45, 2.75) is 38.3 Å². The van der Waals surface area contributed by atoms with Crippen molar-refractivity contribution in [2.75, 3.05) is 25.5 Å². The number of fused-ring (bicyclic) bond motifs is 1. The van der Waals surface area contributed by atoms with Crippen LogP contribution < -0.4 is 16.0 Å². The summed E-state index contributed by atoms with van der Waals surface area (Å²) in [5, 5.41) is 12.5. The number of piperidine rings is 1. The van der Waals surface area contributed by atoms with Crippen molar-refractivity contribution >= 4 is 39.9 Å². The van der Waals surface area contributed by atoms with Gasteiger partial charge in [-0.15, -0.1) is 0 Å². The summed E-state index contributed by atoms with van der Waals surface area (Å²) >= 11 is 6.33. The van der Waals surface area contributed by atoms with E-state index >= 15 is 0 Å². The highest BCUT2D eigenvalue weighted by atomic mass is 35.5. The molecule has 1 saturated heterocycles. The molecule has 0 unspecified atom stereocenters. The Morgan fingerprint density at radius 1 is 0.851 bits per heavy atom. The Morgan fingerprint density at radius 2 is 1.57 bits per heavy atom. The number of hydrogen-bond donors (Lipinski definition) is 3. The van der Waals surface area contributed by atoms with Crippen LogP contribution >= 0.6 is 11.6 Å². The van der Waals surface area contributed by atoms with E-state index in [4.69, 9.17) is 16.3 Å². The quantitative estimate of drug-likeness (QED) is 0.128. The third kappa shape index (κ3) is 8.20. The van der Waals surface area contributed by atoms with Gasteiger partial charge in [0.1, 0.15) is 6.04 Å². The lowest BCUT2D eigenvalue weighted by atomic mass is 9.87. The summed E-state index contributed by atoms with van der Waals surface area (Å²) < 4.78 is 5.10. The van der Waals surface area contributed by atoms with E-state index in [-0.39, 0.29) is 6.42 Å². The van der Waals surface area contributed by atoms with Gasteiger partial charge < -0.3 is 20.7 Å². The lowest BCUT2D eigenvalue weighted by molar-refractivity contribution is -0.142. The number of amides is 1. The summed E-state index contributed by atoms with van der Waals surface area (Å²) in [6.07, 6.45) is 3.75. The highest BCUT2D eigenvalue weighted by Crippen LogP contribution is 2.29. The minimum atomic E-state index is -0.877. The number of ether oxygens (including phenoxy) is 1. The van der Waals surface area contributed by atoms with E-state index in [2.05, 4.69) is 82.7 Å². The first-order chi connectivity index (χ1) is 23.0. The molecule has 240 valence electrons. The van der Waals surface area contributed by atoms with Crippen LogP contribution in [0.2, 0.25) is 5.02 Å². The van der Waals surface area contributed by atoms with Crippen LogP contribution in [0.4, 0.5) is 5.69 Å². The molecule has 1 aliphatic rings. The van der Waals surface area contributed by atoms with Crippen LogP contribution in [0.5, 0.6) is 0 Å². The maximum absolute atomic E-state index is 13.6. The van der Waals surface area contributed by atoms with Crippen LogP contribution in [0.15, 0.2) is 109 Å². The second-order valence-electron chi connectivity index (χ2n) is 12.2. The van der Waals surface area contributed by atoms with Crippen LogP contribution in [0.1, 0.15) is 39.9 Å². The highest BCUT2D eigenvalue weighted by Gasteiger charge is 2.24. The highest BCUT2D eigenvalue weighted by molar-refractivity contribution is 6.31. The zero-order valence-corrected chi connectivity index (χ0v) is 27.4. The van der Waals surface area contributed by atoms with E-state index < -0.39 is 17.9 Å². The molecule has 1 heterocycles. The van der Waals surface area contributed by atoms with Crippen LogP contribution in [0, 0.1) is 5.92 Å². The van der Waals surface area contributed by atoms with Gasteiger partial charge >= 0.3 is 5.97 Å². The maximum Gasteiger partial charge on any atom is 0.328 e. The minimum absolute atomic E-state index is 0.288. The van der Waals surface area contributed by atoms with E-state index in [1.165, 1.54) is 36.5 Å². The molecule has 7 heteroatoms. The van der Waals surface area contributed by atoms with Gasteiger partial charge in [0.05, 0.1) is 12.7 Å². The fourth-order valence-electron chi connectivity index (χ4n) is 6.41. The molecule has 0 spiro atoms. The van der Waals surface area contributed by atoms with Crippen LogP contribution in [-0.4, -0.2) is 38.1 Å². The summed E-state index contributed by atoms with van der Waals surface area (Å²) in [7, 11) is 1.33. The summed E-state index contributed by atoms with van der Waals surface area (Å²) in [6, 6.07) is 35.6. The topological polar surface area (TPSA) is 79.5 Å². The van der Waals surface area contributed by atoms with Gasteiger partial charge in [0, 0.05) is 23.7 Å². The zero-order chi connectivity index (χ0) is 32.6. The normalized spacial score (nSPS) is 14.0. The summed E-state index contributed by atoms with van der Waals surface area (Å²) in [4.78, 5) is 26.5. The molecule has 0 bridgehead atoms. The van der Waals surface area contributed by atoms with Crippen molar-refractivity contribution in [1.82, 2.24) is 10.6 Å². The van der Waals surface area contributed by atoms with E-state index in [9.17, 15) is 9.59 Å². The Hall–Kier alpha value is -4.65. The number of carbonyl (C=O) groups is 2. The van der Waals surface area contributed by atoms with Gasteiger partial charge in [-0.1, -0.05) is 96.5 Å². The molecular formula is C40H40ClN3O3. The lowest BCUT2D eigenvalue weighted by Crippen LogP contribution is -2.43. The fraction of sp³-hybridized carbons (Fsp3) is 0.250. The van der Waals surface area contributed by atoms with Crippen molar-refractivity contribution in [1.29, 1.82) is 0 Å². The predicted molar refractivity (Wildman–Crippen MR) is 191 cm³/mol. The average molecular weight is 646 g/mol. The molecule has 3 N–H and O–H groups in total. The van der Waals surface area contributed by atoms with Crippen molar-refractivity contribution in [3.05, 3.63) is 136 Å². The van der Waals surface area contributed by atoms with Crippen LogP contribution in [0.3, 0.4) is 0 Å². The number of halogens is 1. The van der Waals surface area contributed by atoms with Crippen molar-refractivity contribution in [2.24, 2.45) is 5.92 Å². The Bertz CT molecular complexity index is 1850. The lowest BCUT2D eigenvalue weighted by Gasteiger charge is -2.23. The minimum Gasteiger partial charge on any atom is -0.467 e. The van der Waals surface area contributed by atoms with Gasteiger partial charge in [-0.3, -0.25) is 4.79 Å². The molecular weight excluding hydrogens is 606 g/mol. The Labute approximate surface area is 281 Å². The molecule has 5 aromatic carbocycles. The number of esters is 1. The molecule has 0 aliphatic carbocycles. The van der Waals surface area contributed by atoms with E-state index in [1.54, 1.807) is 18.2 Å². The molecule has 1 amide bonds. The number of nitrogens with one attached hydrogen (secondary N) is 3.